The first-order valence-corrected chi connectivity index (χ1v) is 7.16. The van der Waals surface area contributed by atoms with Crippen molar-refractivity contribution in [3.05, 3.63) is 0 Å². The fourth-order valence-electron chi connectivity index (χ4n) is 0.820. The molecule has 2 N–H and O–H groups in total. The van der Waals surface area contributed by atoms with Crippen molar-refractivity contribution in [2.45, 2.75) is 26.7 Å². The molecule has 0 radical (unpaired) electrons. The number of rotatable bonds is 8. The van der Waals surface area contributed by atoms with Crippen LogP contribution in [0.15, 0.2) is 0 Å². The summed E-state index contributed by atoms with van der Waals surface area (Å²) in [4.78, 5) is 0. The minimum Gasteiger partial charge on any atom is -0.396 e. The summed E-state index contributed by atoms with van der Waals surface area (Å²) in [6.45, 7) is 3.81. The Morgan fingerprint density at radius 2 is 1.93 bits per heavy atom. The predicted molar refractivity (Wildman–Crippen MR) is 62.6 cm³/mol. The van der Waals surface area contributed by atoms with Gasteiger partial charge >= 0.3 is 0 Å². The molecule has 0 amide bonds. The molecule has 0 spiro atoms. The van der Waals surface area contributed by atoms with Crippen LogP contribution in [-0.2, 0) is 10.0 Å². The Hall–Kier alpha value is 0.160. The lowest BCUT2D eigenvalue weighted by Crippen LogP contribution is -2.37. The zero-order chi connectivity index (χ0) is 11.9. The molecule has 0 fully saturated rings. The van der Waals surface area contributed by atoms with Gasteiger partial charge in [0.1, 0.15) is 0 Å². The van der Waals surface area contributed by atoms with Gasteiger partial charge in [-0.3, -0.25) is 0 Å². The number of hydrogen-bond acceptors (Lipinski definition) is 3. The average molecular weight is 258 g/mol. The van der Waals surface area contributed by atoms with Gasteiger partial charge in [-0.2, -0.15) is 0 Å². The summed E-state index contributed by atoms with van der Waals surface area (Å²) in [6.07, 6.45) is 1.27. The summed E-state index contributed by atoms with van der Waals surface area (Å²) in [5, 5.41) is 8.95. The molecule has 15 heavy (non-hydrogen) atoms. The lowest BCUT2D eigenvalue weighted by Gasteiger charge is -2.21. The standard InChI is InChI=1S/C9H20ClNO3S/c1-9(2,8-12)7-11-15(13,14)6-4-3-5-10/h11-12H,3-8H2,1-2H3. The largest absolute Gasteiger partial charge is 0.396 e. The fraction of sp³-hybridized carbons (Fsp3) is 1.00. The van der Waals surface area contributed by atoms with Crippen LogP contribution in [0.3, 0.4) is 0 Å². The fourth-order valence-corrected chi connectivity index (χ4v) is 2.35. The number of unbranched alkanes of at least 4 members (excludes halogenated alkanes) is 1. The van der Waals surface area contributed by atoms with Gasteiger partial charge in [-0.05, 0) is 12.8 Å². The van der Waals surface area contributed by atoms with Crippen molar-refractivity contribution >= 4 is 21.6 Å². The van der Waals surface area contributed by atoms with Crippen LogP contribution in [0.25, 0.3) is 0 Å². The molecule has 0 aromatic carbocycles. The molecule has 0 aliphatic heterocycles. The van der Waals surface area contributed by atoms with Crippen molar-refractivity contribution in [3.8, 4) is 0 Å². The molecular formula is C9H20ClNO3S. The molecule has 0 aromatic rings. The third-order valence-corrected chi connectivity index (χ3v) is 3.67. The summed E-state index contributed by atoms with van der Waals surface area (Å²) in [5.41, 5.74) is -0.417. The van der Waals surface area contributed by atoms with Gasteiger partial charge in [0.05, 0.1) is 5.75 Å². The molecular weight excluding hydrogens is 238 g/mol. The van der Waals surface area contributed by atoms with Gasteiger partial charge in [0.25, 0.3) is 0 Å². The van der Waals surface area contributed by atoms with Gasteiger partial charge in [-0.25, -0.2) is 13.1 Å². The van der Waals surface area contributed by atoms with Crippen LogP contribution < -0.4 is 4.72 Å². The maximum Gasteiger partial charge on any atom is 0.211 e. The smallest absolute Gasteiger partial charge is 0.211 e. The molecule has 0 aliphatic carbocycles. The zero-order valence-electron chi connectivity index (χ0n) is 9.29. The Kier molecular flexibility index (Phi) is 6.75. The minimum atomic E-state index is -3.22. The zero-order valence-corrected chi connectivity index (χ0v) is 10.9. The number of aliphatic hydroxyl groups is 1. The van der Waals surface area contributed by atoms with Crippen LogP contribution >= 0.6 is 11.6 Å². The van der Waals surface area contributed by atoms with E-state index in [0.29, 0.717) is 18.7 Å². The van der Waals surface area contributed by atoms with E-state index >= 15 is 0 Å². The molecule has 0 saturated carbocycles. The second-order valence-electron chi connectivity index (χ2n) is 4.36. The lowest BCUT2D eigenvalue weighted by molar-refractivity contribution is 0.163. The number of sulfonamides is 1. The van der Waals surface area contributed by atoms with Gasteiger partial charge in [0, 0.05) is 24.4 Å². The van der Waals surface area contributed by atoms with Gasteiger partial charge in [-0.15, -0.1) is 11.6 Å². The van der Waals surface area contributed by atoms with E-state index in [-0.39, 0.29) is 18.9 Å². The van der Waals surface area contributed by atoms with Crippen LogP contribution in [0.1, 0.15) is 26.7 Å². The van der Waals surface area contributed by atoms with Crippen molar-refractivity contribution in [1.82, 2.24) is 4.72 Å². The van der Waals surface area contributed by atoms with E-state index in [1.54, 1.807) is 13.8 Å². The molecule has 0 bridgehead atoms. The Morgan fingerprint density at radius 3 is 2.40 bits per heavy atom. The highest BCUT2D eigenvalue weighted by Crippen LogP contribution is 2.12. The van der Waals surface area contributed by atoms with Gasteiger partial charge in [-0.1, -0.05) is 13.8 Å². The van der Waals surface area contributed by atoms with Crippen LogP contribution in [0.5, 0.6) is 0 Å². The van der Waals surface area contributed by atoms with E-state index in [0.717, 1.165) is 0 Å². The summed E-state index contributed by atoms with van der Waals surface area (Å²) in [6, 6.07) is 0. The number of aliphatic hydroxyl groups excluding tert-OH is 1. The van der Waals surface area contributed by atoms with Crippen molar-refractivity contribution in [2.75, 3.05) is 24.8 Å². The summed E-state index contributed by atoms with van der Waals surface area (Å²) in [7, 11) is -3.22. The van der Waals surface area contributed by atoms with E-state index < -0.39 is 15.4 Å². The molecule has 0 rings (SSSR count). The Bertz CT molecular complexity index is 265. The number of halogens is 1. The summed E-state index contributed by atoms with van der Waals surface area (Å²) in [5.74, 6) is 0.582. The number of nitrogens with one attached hydrogen (secondary N) is 1. The van der Waals surface area contributed by atoms with Crippen molar-refractivity contribution in [3.63, 3.8) is 0 Å². The van der Waals surface area contributed by atoms with E-state index in [4.69, 9.17) is 16.7 Å². The van der Waals surface area contributed by atoms with Crippen molar-refractivity contribution < 1.29 is 13.5 Å². The van der Waals surface area contributed by atoms with E-state index in [2.05, 4.69) is 4.72 Å². The second-order valence-corrected chi connectivity index (χ2v) is 6.66. The predicted octanol–water partition coefficient (Wildman–Crippen LogP) is 0.943. The van der Waals surface area contributed by atoms with Crippen LogP contribution in [0.2, 0.25) is 0 Å². The van der Waals surface area contributed by atoms with Crippen LogP contribution in [0, 0.1) is 5.41 Å². The molecule has 92 valence electrons. The Morgan fingerprint density at radius 1 is 1.33 bits per heavy atom. The normalized spacial score (nSPS) is 13.1. The maximum absolute atomic E-state index is 11.4. The quantitative estimate of drug-likeness (QED) is 0.503. The molecule has 6 heteroatoms. The van der Waals surface area contributed by atoms with Gasteiger partial charge in [0.2, 0.25) is 10.0 Å². The van der Waals surface area contributed by atoms with Crippen LogP contribution in [0.4, 0.5) is 0 Å². The maximum atomic E-state index is 11.4. The van der Waals surface area contributed by atoms with Crippen LogP contribution in [-0.4, -0.2) is 38.3 Å². The third-order valence-electron chi connectivity index (χ3n) is 2.00. The molecule has 0 unspecified atom stereocenters. The first kappa shape index (κ1) is 15.2. The molecule has 0 saturated heterocycles. The van der Waals surface area contributed by atoms with Gasteiger partial charge < -0.3 is 5.11 Å². The first-order chi connectivity index (χ1) is 6.83. The Labute approximate surface area is 97.1 Å². The summed E-state index contributed by atoms with van der Waals surface area (Å²) < 4.78 is 25.3. The van der Waals surface area contributed by atoms with Crippen molar-refractivity contribution in [2.24, 2.45) is 5.41 Å². The first-order valence-electron chi connectivity index (χ1n) is 4.97. The topological polar surface area (TPSA) is 66.4 Å². The van der Waals surface area contributed by atoms with E-state index in [1.165, 1.54) is 0 Å². The highest BCUT2D eigenvalue weighted by Gasteiger charge is 2.19. The third kappa shape index (κ3) is 8.02. The SMILES string of the molecule is CC(C)(CO)CNS(=O)(=O)CCCCCl. The molecule has 0 heterocycles. The Balaban J connectivity index is 3.94. The number of hydrogen-bond donors (Lipinski definition) is 2. The summed E-state index contributed by atoms with van der Waals surface area (Å²) >= 11 is 5.45. The van der Waals surface area contributed by atoms with Crippen molar-refractivity contribution in [1.29, 1.82) is 0 Å². The molecule has 0 aliphatic rings. The monoisotopic (exact) mass is 257 g/mol. The minimum absolute atomic E-state index is 0.0444. The highest BCUT2D eigenvalue weighted by molar-refractivity contribution is 7.89. The van der Waals surface area contributed by atoms with Gasteiger partial charge in [0.15, 0.2) is 0 Å². The van der Waals surface area contributed by atoms with E-state index in [1.807, 2.05) is 0 Å². The second kappa shape index (κ2) is 6.68. The molecule has 0 atom stereocenters. The average Bonchev–Trinajstić information content (AvgIpc) is 2.16. The van der Waals surface area contributed by atoms with E-state index in [9.17, 15) is 8.42 Å². The molecule has 0 aromatic heterocycles. The number of alkyl halides is 1. The lowest BCUT2D eigenvalue weighted by atomic mass is 9.96. The highest BCUT2D eigenvalue weighted by atomic mass is 35.5. The molecule has 4 nitrogen and oxygen atoms in total.